The van der Waals surface area contributed by atoms with E-state index in [0.29, 0.717) is 16.5 Å². The number of carbonyl (C=O) groups is 3. The van der Waals surface area contributed by atoms with Crippen molar-refractivity contribution in [2.75, 3.05) is 18.2 Å². The van der Waals surface area contributed by atoms with Gasteiger partial charge in [0.05, 0.1) is 22.6 Å². The monoisotopic (exact) mass is 493 g/mol. The molecule has 1 aromatic carbocycles. The van der Waals surface area contributed by atoms with E-state index in [1.807, 2.05) is 0 Å². The number of esters is 2. The van der Waals surface area contributed by atoms with Gasteiger partial charge in [-0.1, -0.05) is 13.0 Å². The Balaban J connectivity index is 1.77. The van der Waals surface area contributed by atoms with Crippen LogP contribution >= 0.6 is 11.3 Å². The number of amides is 1. The number of ether oxygens (including phenoxy) is 2. The number of benzene rings is 1. The maximum Gasteiger partial charge on any atom is 0.341 e. The van der Waals surface area contributed by atoms with Crippen LogP contribution in [0.1, 0.15) is 58.3 Å². The predicted octanol–water partition coefficient (Wildman–Crippen LogP) is 3.64. The van der Waals surface area contributed by atoms with Crippen molar-refractivity contribution < 1.29 is 32.3 Å². The van der Waals surface area contributed by atoms with Crippen molar-refractivity contribution in [2.24, 2.45) is 5.92 Å². The first kappa shape index (κ1) is 24.9. The Bertz CT molecular complexity index is 1180. The molecule has 0 saturated carbocycles. The Labute approximate surface area is 197 Å². The highest BCUT2D eigenvalue weighted by Gasteiger charge is 2.30. The Kier molecular flexibility index (Phi) is 7.58. The van der Waals surface area contributed by atoms with Gasteiger partial charge in [-0.05, 0) is 62.8 Å². The van der Waals surface area contributed by atoms with Gasteiger partial charge in [0.25, 0.3) is 5.91 Å². The molecule has 3 rings (SSSR count). The second-order valence-corrected chi connectivity index (χ2v) is 11.2. The van der Waals surface area contributed by atoms with E-state index in [4.69, 9.17) is 9.47 Å². The molecule has 1 N–H and O–H groups in total. The normalized spacial score (nSPS) is 16.4. The van der Waals surface area contributed by atoms with Crippen molar-refractivity contribution in [1.82, 2.24) is 0 Å². The van der Waals surface area contributed by atoms with Gasteiger partial charge in [0.15, 0.2) is 15.9 Å². The molecular formula is C23H27NO7S2. The summed E-state index contributed by atoms with van der Waals surface area (Å²) in [5, 5.41) is 3.11. The van der Waals surface area contributed by atoms with E-state index in [0.717, 1.165) is 36.0 Å². The highest BCUT2D eigenvalue weighted by molar-refractivity contribution is 7.90. The fourth-order valence-electron chi connectivity index (χ4n) is 3.61. The number of nitrogens with one attached hydrogen (secondary N) is 1. The first-order valence-corrected chi connectivity index (χ1v) is 13.4. The summed E-state index contributed by atoms with van der Waals surface area (Å²) < 4.78 is 33.9. The van der Waals surface area contributed by atoms with Crippen molar-refractivity contribution in [1.29, 1.82) is 0 Å². The fraction of sp³-hybridized carbons (Fsp3) is 0.435. The molecule has 0 fully saturated rings. The van der Waals surface area contributed by atoms with E-state index in [1.54, 1.807) is 6.92 Å². The molecule has 1 aliphatic carbocycles. The van der Waals surface area contributed by atoms with Gasteiger partial charge in [-0.25, -0.2) is 18.0 Å². The van der Waals surface area contributed by atoms with Crippen molar-refractivity contribution >= 4 is 44.0 Å². The Morgan fingerprint density at radius 2 is 1.97 bits per heavy atom. The Morgan fingerprint density at radius 1 is 1.24 bits per heavy atom. The largest absolute Gasteiger partial charge is 0.462 e. The Hall–Kier alpha value is -2.72. The van der Waals surface area contributed by atoms with Crippen LogP contribution in [0.15, 0.2) is 29.2 Å². The molecule has 0 radical (unpaired) electrons. The molecule has 0 saturated heterocycles. The molecule has 0 aliphatic heterocycles. The zero-order chi connectivity index (χ0) is 24.3. The standard InChI is InChI=1S/C23H27NO7S2/c1-5-30-23(27)19-17-10-9-13(2)11-18(17)32-21(19)24-20(25)14(3)31-22(26)15-7-6-8-16(12-15)33(4,28)29/h6-8,12-14H,5,9-11H2,1-4H3,(H,24,25). The third-order valence-electron chi connectivity index (χ3n) is 5.38. The van der Waals surface area contributed by atoms with Crippen LogP contribution in [-0.4, -0.2) is 45.2 Å². The van der Waals surface area contributed by atoms with E-state index in [-0.39, 0.29) is 17.1 Å². The van der Waals surface area contributed by atoms with E-state index in [2.05, 4.69) is 12.2 Å². The first-order chi connectivity index (χ1) is 15.5. The van der Waals surface area contributed by atoms with Gasteiger partial charge in [-0.3, -0.25) is 4.79 Å². The third kappa shape index (κ3) is 5.80. The van der Waals surface area contributed by atoms with Gasteiger partial charge in [0.2, 0.25) is 0 Å². The summed E-state index contributed by atoms with van der Waals surface area (Å²) in [5.41, 5.74) is 1.30. The summed E-state index contributed by atoms with van der Waals surface area (Å²) >= 11 is 1.35. The van der Waals surface area contributed by atoms with Crippen LogP contribution in [-0.2, 0) is 36.9 Å². The summed E-state index contributed by atoms with van der Waals surface area (Å²) in [6, 6.07) is 5.42. The lowest BCUT2D eigenvalue weighted by Gasteiger charge is -2.18. The maximum absolute atomic E-state index is 12.8. The molecule has 1 aromatic heterocycles. The van der Waals surface area contributed by atoms with E-state index >= 15 is 0 Å². The number of hydrogen-bond donors (Lipinski definition) is 1. The van der Waals surface area contributed by atoms with Crippen molar-refractivity contribution in [3.63, 3.8) is 0 Å². The lowest BCUT2D eigenvalue weighted by Crippen LogP contribution is -2.30. The number of carbonyl (C=O) groups excluding carboxylic acids is 3. The summed E-state index contributed by atoms with van der Waals surface area (Å²) in [4.78, 5) is 38.9. The number of thiophene rings is 1. The van der Waals surface area contributed by atoms with E-state index < -0.39 is 33.8 Å². The van der Waals surface area contributed by atoms with Crippen LogP contribution in [0.2, 0.25) is 0 Å². The summed E-state index contributed by atoms with van der Waals surface area (Å²) in [5.74, 6) is -1.42. The number of hydrogen-bond acceptors (Lipinski definition) is 8. The van der Waals surface area contributed by atoms with Gasteiger partial charge < -0.3 is 14.8 Å². The number of anilines is 1. The van der Waals surface area contributed by atoms with Crippen molar-refractivity contribution in [3.05, 3.63) is 45.8 Å². The van der Waals surface area contributed by atoms with Crippen LogP contribution in [0.25, 0.3) is 0 Å². The van der Waals surface area contributed by atoms with Crippen LogP contribution in [0.5, 0.6) is 0 Å². The average molecular weight is 494 g/mol. The predicted molar refractivity (Wildman–Crippen MR) is 125 cm³/mol. The van der Waals surface area contributed by atoms with Gasteiger partial charge in [-0.2, -0.15) is 0 Å². The third-order valence-corrected chi connectivity index (χ3v) is 7.66. The molecule has 1 aliphatic rings. The smallest absolute Gasteiger partial charge is 0.341 e. The summed E-state index contributed by atoms with van der Waals surface area (Å²) in [6.07, 6.45) is 2.37. The van der Waals surface area contributed by atoms with Gasteiger partial charge in [0, 0.05) is 11.1 Å². The highest BCUT2D eigenvalue weighted by atomic mass is 32.2. The fourth-order valence-corrected chi connectivity index (χ4v) is 5.68. The molecule has 2 aromatic rings. The molecule has 2 atom stereocenters. The minimum Gasteiger partial charge on any atom is -0.462 e. The summed E-state index contributed by atoms with van der Waals surface area (Å²) in [7, 11) is -3.50. The SMILES string of the molecule is CCOC(=O)c1c(NC(=O)C(C)OC(=O)c2cccc(S(C)(=O)=O)c2)sc2c1CCC(C)C2. The Morgan fingerprint density at radius 3 is 2.64 bits per heavy atom. The van der Waals surface area contributed by atoms with Crippen LogP contribution < -0.4 is 5.32 Å². The van der Waals surface area contributed by atoms with Gasteiger partial charge >= 0.3 is 11.9 Å². The van der Waals surface area contributed by atoms with Crippen molar-refractivity contribution in [2.45, 2.75) is 51.0 Å². The molecule has 2 unspecified atom stereocenters. The van der Waals surface area contributed by atoms with Crippen molar-refractivity contribution in [3.8, 4) is 0 Å². The zero-order valence-corrected chi connectivity index (χ0v) is 20.6. The highest BCUT2D eigenvalue weighted by Crippen LogP contribution is 2.40. The molecule has 0 bridgehead atoms. The number of rotatable bonds is 7. The molecule has 8 nitrogen and oxygen atoms in total. The quantitative estimate of drug-likeness (QED) is 0.586. The van der Waals surface area contributed by atoms with E-state index in [1.165, 1.54) is 42.5 Å². The average Bonchev–Trinajstić information content (AvgIpc) is 3.10. The molecule has 10 heteroatoms. The van der Waals surface area contributed by atoms with Gasteiger partial charge in [-0.15, -0.1) is 11.3 Å². The van der Waals surface area contributed by atoms with E-state index in [9.17, 15) is 22.8 Å². The molecule has 1 heterocycles. The number of fused-ring (bicyclic) bond motifs is 1. The van der Waals surface area contributed by atoms with Crippen LogP contribution in [0.3, 0.4) is 0 Å². The molecule has 0 spiro atoms. The second-order valence-electron chi connectivity index (χ2n) is 8.11. The van der Waals surface area contributed by atoms with Crippen LogP contribution in [0.4, 0.5) is 5.00 Å². The minimum absolute atomic E-state index is 0.0189. The molecular weight excluding hydrogens is 466 g/mol. The summed E-state index contributed by atoms with van der Waals surface area (Å²) in [6.45, 7) is 5.49. The minimum atomic E-state index is -3.50. The van der Waals surface area contributed by atoms with Gasteiger partial charge in [0.1, 0.15) is 5.00 Å². The molecule has 1 amide bonds. The number of sulfone groups is 1. The zero-order valence-electron chi connectivity index (χ0n) is 19.0. The maximum atomic E-state index is 12.8. The lowest BCUT2D eigenvalue weighted by atomic mass is 9.88. The topological polar surface area (TPSA) is 116 Å². The molecule has 33 heavy (non-hydrogen) atoms. The first-order valence-electron chi connectivity index (χ1n) is 10.6. The molecule has 178 valence electrons. The second kappa shape index (κ2) is 10.0. The van der Waals surface area contributed by atoms with Crippen LogP contribution in [0, 0.1) is 5.92 Å². The lowest BCUT2D eigenvalue weighted by molar-refractivity contribution is -0.123.